The lowest BCUT2D eigenvalue weighted by molar-refractivity contribution is -0.00427. The van der Waals surface area contributed by atoms with Crippen LogP contribution >= 0.6 is 0 Å². The van der Waals surface area contributed by atoms with Gasteiger partial charge < -0.3 is 10.5 Å². The predicted octanol–water partition coefficient (Wildman–Crippen LogP) is 1.49. The first-order valence-corrected chi connectivity index (χ1v) is 5.42. The van der Waals surface area contributed by atoms with Crippen LogP contribution in [0, 0.1) is 0 Å². The van der Waals surface area contributed by atoms with E-state index in [1.165, 1.54) is 5.56 Å². The van der Waals surface area contributed by atoms with Gasteiger partial charge in [0.25, 0.3) is 0 Å². The highest BCUT2D eigenvalue weighted by molar-refractivity contribution is 5.46. The van der Waals surface area contributed by atoms with E-state index >= 15 is 0 Å². The predicted molar refractivity (Wildman–Crippen MR) is 61.5 cm³/mol. The van der Waals surface area contributed by atoms with E-state index in [1.54, 1.807) is 0 Å². The molecule has 1 aliphatic heterocycles. The molecule has 15 heavy (non-hydrogen) atoms. The van der Waals surface area contributed by atoms with E-state index in [-0.39, 0.29) is 0 Å². The number of ether oxygens (including phenoxy) is 1. The third kappa shape index (κ3) is 2.49. The van der Waals surface area contributed by atoms with Crippen molar-refractivity contribution >= 4 is 5.69 Å². The highest BCUT2D eigenvalue weighted by Crippen LogP contribution is 2.16. The molecule has 2 N–H and O–H groups in total. The molecular weight excluding hydrogens is 188 g/mol. The minimum atomic E-state index is 0.485. The summed E-state index contributed by atoms with van der Waals surface area (Å²) in [6, 6.07) is 8.55. The number of para-hydroxylation sites is 1. The first-order chi connectivity index (χ1) is 7.27. The second-order valence-corrected chi connectivity index (χ2v) is 4.09. The van der Waals surface area contributed by atoms with Gasteiger partial charge in [0.1, 0.15) is 0 Å². The van der Waals surface area contributed by atoms with E-state index in [4.69, 9.17) is 10.5 Å². The summed E-state index contributed by atoms with van der Waals surface area (Å²) >= 11 is 0. The third-order valence-corrected chi connectivity index (χ3v) is 2.93. The van der Waals surface area contributed by atoms with Gasteiger partial charge in [-0.05, 0) is 18.6 Å². The van der Waals surface area contributed by atoms with Gasteiger partial charge in [-0.25, -0.2) is 0 Å². The fraction of sp³-hybridized carbons (Fsp3) is 0.500. The van der Waals surface area contributed by atoms with Crippen LogP contribution in [0.3, 0.4) is 0 Å². The SMILES string of the molecule is CC1COCCN1Cc1ccccc1N. The molecule has 3 heteroatoms. The van der Waals surface area contributed by atoms with Crippen molar-refractivity contribution in [3.8, 4) is 0 Å². The van der Waals surface area contributed by atoms with Crippen molar-refractivity contribution in [2.75, 3.05) is 25.5 Å². The van der Waals surface area contributed by atoms with Crippen LogP contribution in [0.25, 0.3) is 0 Å². The summed E-state index contributed by atoms with van der Waals surface area (Å²) in [6.07, 6.45) is 0. The number of rotatable bonds is 2. The van der Waals surface area contributed by atoms with Gasteiger partial charge in [-0.2, -0.15) is 0 Å². The molecule has 1 fully saturated rings. The fourth-order valence-corrected chi connectivity index (χ4v) is 1.89. The summed E-state index contributed by atoms with van der Waals surface area (Å²) in [5.74, 6) is 0. The van der Waals surface area contributed by atoms with E-state index < -0.39 is 0 Å². The Bertz CT molecular complexity index is 327. The highest BCUT2D eigenvalue weighted by Gasteiger charge is 2.19. The highest BCUT2D eigenvalue weighted by atomic mass is 16.5. The van der Waals surface area contributed by atoms with Crippen LogP contribution in [-0.4, -0.2) is 30.7 Å². The molecule has 3 nitrogen and oxygen atoms in total. The molecule has 0 spiro atoms. The van der Waals surface area contributed by atoms with Crippen LogP contribution in [0.5, 0.6) is 0 Å². The Morgan fingerprint density at radius 2 is 2.27 bits per heavy atom. The molecule has 82 valence electrons. The Morgan fingerprint density at radius 1 is 1.47 bits per heavy atom. The summed E-state index contributed by atoms with van der Waals surface area (Å²) < 4.78 is 5.41. The maximum atomic E-state index is 5.93. The first-order valence-electron chi connectivity index (χ1n) is 5.42. The Kier molecular flexibility index (Phi) is 3.23. The number of nitrogen functional groups attached to an aromatic ring is 1. The van der Waals surface area contributed by atoms with E-state index in [0.717, 1.165) is 32.0 Å². The Hall–Kier alpha value is -1.06. The van der Waals surface area contributed by atoms with Gasteiger partial charge >= 0.3 is 0 Å². The molecule has 0 aromatic heterocycles. The normalized spacial score (nSPS) is 22.9. The summed E-state index contributed by atoms with van der Waals surface area (Å²) in [5.41, 5.74) is 8.02. The van der Waals surface area contributed by atoms with Crippen molar-refractivity contribution < 1.29 is 4.74 Å². The Balaban J connectivity index is 2.04. The maximum absolute atomic E-state index is 5.93. The molecule has 2 rings (SSSR count). The zero-order valence-electron chi connectivity index (χ0n) is 9.15. The second-order valence-electron chi connectivity index (χ2n) is 4.09. The van der Waals surface area contributed by atoms with Gasteiger partial charge in [0, 0.05) is 24.8 Å². The molecule has 1 unspecified atom stereocenters. The van der Waals surface area contributed by atoms with E-state index in [1.807, 2.05) is 18.2 Å². The van der Waals surface area contributed by atoms with Crippen molar-refractivity contribution in [2.24, 2.45) is 0 Å². The zero-order valence-corrected chi connectivity index (χ0v) is 9.15. The van der Waals surface area contributed by atoms with Crippen LogP contribution in [0.1, 0.15) is 12.5 Å². The van der Waals surface area contributed by atoms with Crippen molar-refractivity contribution in [2.45, 2.75) is 19.5 Å². The van der Waals surface area contributed by atoms with Gasteiger partial charge in [0.15, 0.2) is 0 Å². The summed E-state index contributed by atoms with van der Waals surface area (Å²) in [7, 11) is 0. The number of hydrogen-bond acceptors (Lipinski definition) is 3. The van der Waals surface area contributed by atoms with Crippen molar-refractivity contribution in [1.29, 1.82) is 0 Å². The van der Waals surface area contributed by atoms with Crippen molar-refractivity contribution in [3.05, 3.63) is 29.8 Å². The average molecular weight is 206 g/mol. The summed E-state index contributed by atoms with van der Waals surface area (Å²) in [4.78, 5) is 2.41. The minimum absolute atomic E-state index is 0.485. The molecule has 1 saturated heterocycles. The number of benzene rings is 1. The van der Waals surface area contributed by atoms with Crippen LogP contribution < -0.4 is 5.73 Å². The number of anilines is 1. The molecule has 0 saturated carbocycles. The van der Waals surface area contributed by atoms with Crippen LogP contribution in [0.4, 0.5) is 5.69 Å². The molecule has 0 aliphatic carbocycles. The van der Waals surface area contributed by atoms with Crippen LogP contribution in [0.2, 0.25) is 0 Å². The summed E-state index contributed by atoms with van der Waals surface area (Å²) in [6.45, 7) is 5.77. The van der Waals surface area contributed by atoms with Crippen LogP contribution in [0.15, 0.2) is 24.3 Å². The molecule has 0 bridgehead atoms. The third-order valence-electron chi connectivity index (χ3n) is 2.93. The Morgan fingerprint density at radius 3 is 3.00 bits per heavy atom. The number of hydrogen-bond donors (Lipinski definition) is 1. The average Bonchev–Trinajstić information content (AvgIpc) is 2.24. The quantitative estimate of drug-likeness (QED) is 0.745. The lowest BCUT2D eigenvalue weighted by Gasteiger charge is -2.33. The zero-order chi connectivity index (χ0) is 10.7. The van der Waals surface area contributed by atoms with Gasteiger partial charge in [-0.15, -0.1) is 0 Å². The molecule has 0 amide bonds. The minimum Gasteiger partial charge on any atom is -0.398 e. The fourth-order valence-electron chi connectivity index (χ4n) is 1.89. The van der Waals surface area contributed by atoms with Crippen LogP contribution in [-0.2, 0) is 11.3 Å². The van der Waals surface area contributed by atoms with E-state index in [9.17, 15) is 0 Å². The lowest BCUT2D eigenvalue weighted by atomic mass is 10.1. The molecule has 0 radical (unpaired) electrons. The van der Waals surface area contributed by atoms with Gasteiger partial charge in [-0.3, -0.25) is 4.90 Å². The monoisotopic (exact) mass is 206 g/mol. The van der Waals surface area contributed by atoms with Gasteiger partial charge in [0.05, 0.1) is 13.2 Å². The second kappa shape index (κ2) is 4.64. The van der Waals surface area contributed by atoms with Gasteiger partial charge in [0.2, 0.25) is 0 Å². The van der Waals surface area contributed by atoms with E-state index in [0.29, 0.717) is 6.04 Å². The number of nitrogens with zero attached hydrogens (tertiary/aromatic N) is 1. The van der Waals surface area contributed by atoms with E-state index in [2.05, 4.69) is 17.9 Å². The summed E-state index contributed by atoms with van der Waals surface area (Å²) in [5, 5.41) is 0. The Labute approximate surface area is 90.8 Å². The molecule has 1 aromatic rings. The molecule has 1 heterocycles. The standard InChI is InChI=1S/C12H18N2O/c1-10-9-15-7-6-14(10)8-11-4-2-3-5-12(11)13/h2-5,10H,6-9,13H2,1H3. The topological polar surface area (TPSA) is 38.5 Å². The smallest absolute Gasteiger partial charge is 0.0619 e. The first kappa shape index (κ1) is 10.5. The molecule has 1 aliphatic rings. The maximum Gasteiger partial charge on any atom is 0.0619 e. The lowest BCUT2D eigenvalue weighted by Crippen LogP contribution is -2.43. The van der Waals surface area contributed by atoms with Crippen molar-refractivity contribution in [3.63, 3.8) is 0 Å². The molecular formula is C12H18N2O. The largest absolute Gasteiger partial charge is 0.398 e. The van der Waals surface area contributed by atoms with Gasteiger partial charge in [-0.1, -0.05) is 18.2 Å². The molecule has 1 atom stereocenters. The number of morpholine rings is 1. The number of nitrogens with two attached hydrogens (primary N) is 1. The molecule has 1 aromatic carbocycles. The van der Waals surface area contributed by atoms with Crippen molar-refractivity contribution in [1.82, 2.24) is 4.90 Å².